The van der Waals surface area contributed by atoms with Crippen LogP contribution < -0.4 is 5.73 Å². The molecule has 1 aliphatic heterocycles. The second-order valence-electron chi connectivity index (χ2n) is 5.75. The molecule has 0 bridgehead atoms. The summed E-state index contributed by atoms with van der Waals surface area (Å²) in [5.41, 5.74) is 3.24. The van der Waals surface area contributed by atoms with Crippen molar-refractivity contribution in [2.45, 2.75) is 31.9 Å². The summed E-state index contributed by atoms with van der Waals surface area (Å²) < 4.78 is 76.6. The van der Waals surface area contributed by atoms with E-state index >= 15 is 0 Å². The molecule has 1 aliphatic rings. The van der Waals surface area contributed by atoms with Gasteiger partial charge in [0.1, 0.15) is 0 Å². The molecule has 0 radical (unpaired) electrons. The highest BCUT2D eigenvalue weighted by atomic mass is 19.4. The number of halogens is 6. The van der Waals surface area contributed by atoms with Gasteiger partial charge in [0.15, 0.2) is 0 Å². The van der Waals surface area contributed by atoms with Crippen molar-refractivity contribution in [3.05, 3.63) is 34.9 Å². The molecule has 124 valence electrons. The molecule has 2 nitrogen and oxygen atoms in total. The van der Waals surface area contributed by atoms with E-state index in [2.05, 4.69) is 0 Å². The summed E-state index contributed by atoms with van der Waals surface area (Å²) in [6.07, 6.45) is -9.63. The third-order valence-electron chi connectivity index (χ3n) is 3.80. The van der Waals surface area contributed by atoms with Crippen LogP contribution >= 0.6 is 0 Å². The molecule has 2 N–H and O–H groups in total. The summed E-state index contributed by atoms with van der Waals surface area (Å²) in [6.45, 7) is 2.93. The number of likely N-dealkylation sites (tertiary alicyclic amines) is 1. The van der Waals surface area contributed by atoms with Gasteiger partial charge >= 0.3 is 12.4 Å². The number of hydrogen-bond donors (Lipinski definition) is 1. The van der Waals surface area contributed by atoms with Crippen LogP contribution in [0.2, 0.25) is 0 Å². The summed E-state index contributed by atoms with van der Waals surface area (Å²) >= 11 is 0. The van der Waals surface area contributed by atoms with Gasteiger partial charge in [-0.25, -0.2) is 0 Å². The number of nitrogens with zero attached hydrogens (tertiary/aromatic N) is 1. The molecule has 2 rings (SSSR count). The first-order valence-electron chi connectivity index (χ1n) is 6.73. The standard InChI is InChI=1S/C14H16F6N2/c1-8-5-22(7-12(8)21)6-9-2-10(13(15,16)17)4-11(3-9)14(18,19)20/h2-4,8,12H,5-7,21H2,1H3. The topological polar surface area (TPSA) is 29.3 Å². The van der Waals surface area contributed by atoms with Gasteiger partial charge in [-0.1, -0.05) is 6.92 Å². The smallest absolute Gasteiger partial charge is 0.326 e. The Bertz CT molecular complexity index is 495. The molecule has 8 heteroatoms. The van der Waals surface area contributed by atoms with Gasteiger partial charge < -0.3 is 5.73 Å². The number of rotatable bonds is 2. The van der Waals surface area contributed by atoms with Crippen molar-refractivity contribution < 1.29 is 26.3 Å². The van der Waals surface area contributed by atoms with E-state index in [0.717, 1.165) is 12.1 Å². The average molecular weight is 326 g/mol. The fourth-order valence-corrected chi connectivity index (χ4v) is 2.59. The Labute approximate surface area is 123 Å². The van der Waals surface area contributed by atoms with Gasteiger partial charge in [0, 0.05) is 25.7 Å². The highest BCUT2D eigenvalue weighted by molar-refractivity contribution is 5.33. The number of hydrogen-bond acceptors (Lipinski definition) is 2. The third-order valence-corrected chi connectivity index (χ3v) is 3.80. The molecule has 0 saturated carbocycles. The third kappa shape index (κ3) is 3.92. The van der Waals surface area contributed by atoms with E-state index < -0.39 is 23.5 Å². The molecule has 2 atom stereocenters. The van der Waals surface area contributed by atoms with Gasteiger partial charge in [-0.3, -0.25) is 4.90 Å². The van der Waals surface area contributed by atoms with Gasteiger partial charge in [-0.15, -0.1) is 0 Å². The SMILES string of the molecule is CC1CN(Cc2cc(C(F)(F)F)cc(C(F)(F)F)c2)CC1N. The first-order valence-corrected chi connectivity index (χ1v) is 6.73. The van der Waals surface area contributed by atoms with E-state index in [9.17, 15) is 26.3 Å². The maximum atomic E-state index is 12.8. The van der Waals surface area contributed by atoms with E-state index in [1.54, 1.807) is 4.90 Å². The zero-order valence-electron chi connectivity index (χ0n) is 11.8. The fraction of sp³-hybridized carbons (Fsp3) is 0.571. The lowest BCUT2D eigenvalue weighted by atomic mass is 10.0. The maximum Gasteiger partial charge on any atom is 0.416 e. The van der Waals surface area contributed by atoms with Crippen LogP contribution in [0.4, 0.5) is 26.3 Å². The molecule has 1 aromatic carbocycles. The highest BCUT2D eigenvalue weighted by Crippen LogP contribution is 2.36. The predicted molar refractivity (Wildman–Crippen MR) is 68.9 cm³/mol. The van der Waals surface area contributed by atoms with Crippen LogP contribution in [0.3, 0.4) is 0 Å². The first kappa shape index (κ1) is 17.1. The van der Waals surface area contributed by atoms with Gasteiger partial charge in [0.2, 0.25) is 0 Å². The second-order valence-corrected chi connectivity index (χ2v) is 5.75. The van der Waals surface area contributed by atoms with Crippen molar-refractivity contribution >= 4 is 0 Å². The summed E-state index contributed by atoms with van der Waals surface area (Å²) in [5, 5.41) is 0. The lowest BCUT2D eigenvalue weighted by Crippen LogP contribution is -2.28. The molecular formula is C14H16F6N2. The Kier molecular flexibility index (Phi) is 4.45. The lowest BCUT2D eigenvalue weighted by molar-refractivity contribution is -0.143. The van der Waals surface area contributed by atoms with Crippen LogP contribution in [0.1, 0.15) is 23.6 Å². The lowest BCUT2D eigenvalue weighted by Gasteiger charge is -2.18. The van der Waals surface area contributed by atoms with Gasteiger partial charge in [-0.05, 0) is 29.7 Å². The number of benzene rings is 1. The minimum atomic E-state index is -4.81. The van der Waals surface area contributed by atoms with E-state index in [1.807, 2.05) is 6.92 Å². The van der Waals surface area contributed by atoms with E-state index in [-0.39, 0.29) is 30.1 Å². The molecule has 2 unspecified atom stereocenters. The van der Waals surface area contributed by atoms with Crippen molar-refractivity contribution in [1.29, 1.82) is 0 Å². The predicted octanol–water partition coefficient (Wildman–Crippen LogP) is 3.50. The van der Waals surface area contributed by atoms with Gasteiger partial charge in [-0.2, -0.15) is 26.3 Å². The van der Waals surface area contributed by atoms with Crippen LogP contribution in [-0.4, -0.2) is 24.0 Å². The normalized spacial score (nSPS) is 24.0. The van der Waals surface area contributed by atoms with Crippen molar-refractivity contribution in [2.75, 3.05) is 13.1 Å². The molecule has 1 saturated heterocycles. The fourth-order valence-electron chi connectivity index (χ4n) is 2.59. The molecule has 0 spiro atoms. The van der Waals surface area contributed by atoms with Gasteiger partial charge in [0.25, 0.3) is 0 Å². The summed E-state index contributed by atoms with van der Waals surface area (Å²) in [5.74, 6) is 0.160. The van der Waals surface area contributed by atoms with Crippen molar-refractivity contribution in [3.8, 4) is 0 Å². The summed E-state index contributed by atoms with van der Waals surface area (Å²) in [7, 11) is 0. The minimum absolute atomic E-state index is 0.0107. The summed E-state index contributed by atoms with van der Waals surface area (Å²) in [4.78, 5) is 1.77. The molecule has 1 fully saturated rings. The molecule has 0 amide bonds. The zero-order valence-corrected chi connectivity index (χ0v) is 11.8. The zero-order chi connectivity index (χ0) is 16.7. The van der Waals surface area contributed by atoms with Crippen LogP contribution in [0, 0.1) is 5.92 Å². The molecule has 1 aromatic rings. The van der Waals surface area contributed by atoms with Crippen molar-refractivity contribution in [3.63, 3.8) is 0 Å². The monoisotopic (exact) mass is 326 g/mol. The second kappa shape index (κ2) is 5.73. The molecule has 22 heavy (non-hydrogen) atoms. The van der Waals surface area contributed by atoms with Crippen molar-refractivity contribution in [1.82, 2.24) is 4.90 Å². The maximum absolute atomic E-state index is 12.8. The van der Waals surface area contributed by atoms with Crippen molar-refractivity contribution in [2.24, 2.45) is 11.7 Å². The van der Waals surface area contributed by atoms with E-state index in [1.165, 1.54) is 0 Å². The largest absolute Gasteiger partial charge is 0.416 e. The quantitative estimate of drug-likeness (QED) is 0.843. The van der Waals surface area contributed by atoms with Crippen LogP contribution in [-0.2, 0) is 18.9 Å². The molecular weight excluding hydrogens is 310 g/mol. The highest BCUT2D eigenvalue weighted by Gasteiger charge is 2.37. The number of nitrogens with two attached hydrogens (primary N) is 1. The molecule has 0 aromatic heterocycles. The Balaban J connectivity index is 2.31. The average Bonchev–Trinajstić information content (AvgIpc) is 2.65. The summed E-state index contributed by atoms with van der Waals surface area (Å²) in [6, 6.07) is 1.56. The molecule has 1 heterocycles. The Morgan fingerprint density at radius 2 is 1.50 bits per heavy atom. The first-order chi connectivity index (χ1) is 9.96. The Hall–Kier alpha value is -1.28. The van der Waals surface area contributed by atoms with Crippen LogP contribution in [0.15, 0.2) is 18.2 Å². The Morgan fingerprint density at radius 3 is 1.86 bits per heavy atom. The van der Waals surface area contributed by atoms with E-state index in [0.29, 0.717) is 13.1 Å². The number of alkyl halides is 6. The minimum Gasteiger partial charge on any atom is -0.326 e. The van der Waals surface area contributed by atoms with Gasteiger partial charge in [0.05, 0.1) is 11.1 Å². The van der Waals surface area contributed by atoms with E-state index in [4.69, 9.17) is 5.73 Å². The molecule has 0 aliphatic carbocycles. The van der Waals surface area contributed by atoms with Crippen LogP contribution in [0.5, 0.6) is 0 Å². The van der Waals surface area contributed by atoms with Crippen LogP contribution in [0.25, 0.3) is 0 Å². The Morgan fingerprint density at radius 1 is 1.00 bits per heavy atom.